The summed E-state index contributed by atoms with van der Waals surface area (Å²) in [4.78, 5) is 30.7. The zero-order valence-corrected chi connectivity index (χ0v) is 14.7. The van der Waals surface area contributed by atoms with Gasteiger partial charge < -0.3 is 14.2 Å². The van der Waals surface area contributed by atoms with E-state index in [1.807, 2.05) is 30.3 Å². The maximum Gasteiger partial charge on any atom is 0.257 e. The minimum absolute atomic E-state index is 0.0257. The summed E-state index contributed by atoms with van der Waals surface area (Å²) < 4.78 is 4.98. The molecule has 2 aromatic rings. The van der Waals surface area contributed by atoms with Gasteiger partial charge in [-0.1, -0.05) is 24.3 Å². The van der Waals surface area contributed by atoms with Crippen LogP contribution in [0.5, 0.6) is 0 Å². The van der Waals surface area contributed by atoms with E-state index in [9.17, 15) is 9.59 Å². The molecule has 6 heteroatoms. The van der Waals surface area contributed by atoms with Gasteiger partial charge in [0, 0.05) is 38.4 Å². The molecule has 1 aromatic carbocycles. The predicted octanol–water partition coefficient (Wildman–Crippen LogP) is 2.26. The van der Waals surface area contributed by atoms with Gasteiger partial charge in [0.2, 0.25) is 5.91 Å². The molecule has 0 radical (unpaired) electrons. The Kier molecular flexibility index (Phi) is 5.86. The molecule has 3 rings (SSSR count). The third-order valence-electron chi connectivity index (χ3n) is 4.47. The maximum absolute atomic E-state index is 12.7. The second kappa shape index (κ2) is 8.49. The summed E-state index contributed by atoms with van der Waals surface area (Å²) in [6.45, 7) is 7.10. The minimum Gasteiger partial charge on any atom is -0.472 e. The Balaban J connectivity index is 1.55. The molecule has 26 heavy (non-hydrogen) atoms. The van der Waals surface area contributed by atoms with E-state index in [-0.39, 0.29) is 11.8 Å². The molecule has 0 N–H and O–H groups in total. The van der Waals surface area contributed by atoms with E-state index in [2.05, 4.69) is 11.5 Å². The Morgan fingerprint density at radius 1 is 1.12 bits per heavy atom. The van der Waals surface area contributed by atoms with Gasteiger partial charge in [-0.05, 0) is 18.2 Å². The van der Waals surface area contributed by atoms with Crippen LogP contribution < -0.4 is 4.90 Å². The summed E-state index contributed by atoms with van der Waals surface area (Å²) in [6, 6.07) is 11.3. The van der Waals surface area contributed by atoms with Crippen molar-refractivity contribution in [3.8, 4) is 0 Å². The Morgan fingerprint density at radius 3 is 2.46 bits per heavy atom. The Morgan fingerprint density at radius 2 is 1.85 bits per heavy atom. The van der Waals surface area contributed by atoms with E-state index in [1.165, 1.54) is 12.5 Å². The van der Waals surface area contributed by atoms with E-state index in [0.29, 0.717) is 44.8 Å². The second-order valence-corrected chi connectivity index (χ2v) is 6.21. The number of anilines is 1. The lowest BCUT2D eigenvalue weighted by Crippen LogP contribution is -2.51. The van der Waals surface area contributed by atoms with Crippen molar-refractivity contribution in [3.63, 3.8) is 0 Å². The van der Waals surface area contributed by atoms with E-state index >= 15 is 0 Å². The molecule has 2 heterocycles. The Hall–Kier alpha value is -2.86. The van der Waals surface area contributed by atoms with Crippen molar-refractivity contribution in [2.45, 2.75) is 0 Å². The quantitative estimate of drug-likeness (QED) is 0.748. The molecule has 0 unspecified atom stereocenters. The molecular formula is C20H23N3O3. The molecule has 1 aliphatic heterocycles. The smallest absolute Gasteiger partial charge is 0.257 e. The topological polar surface area (TPSA) is 57.0 Å². The van der Waals surface area contributed by atoms with Crippen molar-refractivity contribution in [1.82, 2.24) is 9.80 Å². The average Bonchev–Trinajstić information content (AvgIpc) is 3.21. The minimum atomic E-state index is -0.0257. The van der Waals surface area contributed by atoms with Gasteiger partial charge in [0.1, 0.15) is 6.26 Å². The van der Waals surface area contributed by atoms with Gasteiger partial charge in [-0.3, -0.25) is 14.5 Å². The third-order valence-corrected chi connectivity index (χ3v) is 4.47. The number of hydrogen-bond acceptors (Lipinski definition) is 4. The monoisotopic (exact) mass is 353 g/mol. The van der Waals surface area contributed by atoms with Crippen LogP contribution >= 0.6 is 0 Å². The molecule has 1 aromatic heterocycles. The van der Waals surface area contributed by atoms with E-state index < -0.39 is 0 Å². The van der Waals surface area contributed by atoms with Crippen LogP contribution in [-0.2, 0) is 4.79 Å². The normalized spacial score (nSPS) is 14.8. The molecule has 1 aliphatic rings. The number of para-hydroxylation sites is 1. The van der Waals surface area contributed by atoms with Gasteiger partial charge in [0.05, 0.1) is 18.4 Å². The summed E-state index contributed by atoms with van der Waals surface area (Å²) in [5.41, 5.74) is 1.43. The van der Waals surface area contributed by atoms with Crippen molar-refractivity contribution < 1.29 is 14.0 Å². The highest BCUT2D eigenvalue weighted by Gasteiger charge is 2.25. The van der Waals surface area contributed by atoms with Gasteiger partial charge in [0.15, 0.2) is 0 Å². The fraction of sp³-hybridized carbons (Fsp3) is 0.300. The van der Waals surface area contributed by atoms with Gasteiger partial charge in [-0.15, -0.1) is 6.58 Å². The number of carbonyl (C=O) groups excluding carboxylic acids is 2. The molecule has 0 saturated carbocycles. The Bertz CT molecular complexity index is 735. The molecule has 1 fully saturated rings. The number of rotatable bonds is 6. The molecule has 1 saturated heterocycles. The first-order chi connectivity index (χ1) is 12.7. The molecule has 0 atom stereocenters. The summed E-state index contributed by atoms with van der Waals surface area (Å²) >= 11 is 0. The fourth-order valence-corrected chi connectivity index (χ4v) is 3.04. The summed E-state index contributed by atoms with van der Waals surface area (Å²) in [6.07, 6.45) is 4.69. The predicted molar refractivity (Wildman–Crippen MR) is 100 cm³/mol. The van der Waals surface area contributed by atoms with Gasteiger partial charge in [-0.2, -0.15) is 0 Å². The number of carbonyl (C=O) groups is 2. The number of benzene rings is 1. The fourth-order valence-electron chi connectivity index (χ4n) is 3.04. The summed E-state index contributed by atoms with van der Waals surface area (Å²) in [7, 11) is 0. The molecular weight excluding hydrogens is 330 g/mol. The first-order valence-corrected chi connectivity index (χ1v) is 8.69. The maximum atomic E-state index is 12.7. The zero-order valence-electron chi connectivity index (χ0n) is 14.7. The first kappa shape index (κ1) is 17.9. The lowest BCUT2D eigenvalue weighted by Gasteiger charge is -2.35. The lowest BCUT2D eigenvalue weighted by molar-refractivity contribution is -0.119. The van der Waals surface area contributed by atoms with Crippen LogP contribution in [0.2, 0.25) is 0 Å². The first-order valence-electron chi connectivity index (χ1n) is 8.69. The second-order valence-electron chi connectivity index (χ2n) is 6.21. The largest absolute Gasteiger partial charge is 0.472 e. The van der Waals surface area contributed by atoms with Gasteiger partial charge >= 0.3 is 0 Å². The molecule has 0 aliphatic carbocycles. The SMILES string of the molecule is C=CCN(C(=O)CN1CCN(C(=O)c2ccoc2)CC1)c1ccccc1. The van der Waals surface area contributed by atoms with E-state index in [4.69, 9.17) is 4.42 Å². The summed E-state index contributed by atoms with van der Waals surface area (Å²) in [5, 5.41) is 0. The molecule has 136 valence electrons. The number of furan rings is 1. The molecule has 0 bridgehead atoms. The number of amides is 2. The highest BCUT2D eigenvalue weighted by Crippen LogP contribution is 2.15. The van der Waals surface area contributed by atoms with Crippen LogP contribution in [0.15, 0.2) is 66.0 Å². The Labute approximate surface area is 153 Å². The zero-order chi connectivity index (χ0) is 18.4. The van der Waals surface area contributed by atoms with Crippen LogP contribution in [0.25, 0.3) is 0 Å². The lowest BCUT2D eigenvalue weighted by atomic mass is 10.2. The number of nitrogens with zero attached hydrogens (tertiary/aromatic N) is 3. The highest BCUT2D eigenvalue weighted by atomic mass is 16.3. The van der Waals surface area contributed by atoms with Crippen molar-refractivity contribution >= 4 is 17.5 Å². The van der Waals surface area contributed by atoms with Crippen LogP contribution in [0.4, 0.5) is 5.69 Å². The third kappa shape index (κ3) is 4.21. The molecule has 6 nitrogen and oxygen atoms in total. The van der Waals surface area contributed by atoms with Crippen molar-refractivity contribution in [2.24, 2.45) is 0 Å². The van der Waals surface area contributed by atoms with Crippen molar-refractivity contribution in [2.75, 3.05) is 44.2 Å². The van der Waals surface area contributed by atoms with E-state index in [1.54, 1.807) is 21.9 Å². The van der Waals surface area contributed by atoms with Crippen LogP contribution in [-0.4, -0.2) is 60.9 Å². The molecule has 2 amide bonds. The van der Waals surface area contributed by atoms with Crippen molar-refractivity contribution in [3.05, 3.63) is 67.1 Å². The van der Waals surface area contributed by atoms with Crippen LogP contribution in [0.3, 0.4) is 0 Å². The van der Waals surface area contributed by atoms with Crippen LogP contribution in [0, 0.1) is 0 Å². The van der Waals surface area contributed by atoms with Crippen LogP contribution in [0.1, 0.15) is 10.4 Å². The van der Waals surface area contributed by atoms with E-state index in [0.717, 1.165) is 5.69 Å². The van der Waals surface area contributed by atoms with Gasteiger partial charge in [0.25, 0.3) is 5.91 Å². The standard InChI is InChI=1S/C20H23N3O3/c1-2-9-23(18-6-4-3-5-7-18)19(24)15-21-10-12-22(13-11-21)20(25)17-8-14-26-16-17/h2-8,14,16H,1,9-13,15H2. The average molecular weight is 353 g/mol. The van der Waals surface area contributed by atoms with Gasteiger partial charge in [-0.25, -0.2) is 0 Å². The number of piperazine rings is 1. The highest BCUT2D eigenvalue weighted by molar-refractivity contribution is 5.95. The van der Waals surface area contributed by atoms with Crippen molar-refractivity contribution in [1.29, 1.82) is 0 Å². The number of hydrogen-bond donors (Lipinski definition) is 0. The molecule has 0 spiro atoms. The summed E-state index contributed by atoms with van der Waals surface area (Å²) in [5.74, 6) is 0.00741.